The second-order valence-corrected chi connectivity index (χ2v) is 2.67. The highest BCUT2D eigenvalue weighted by Gasteiger charge is 2.32. The Morgan fingerprint density at radius 3 is 2.43 bits per heavy atom. The lowest BCUT2D eigenvalue weighted by atomic mass is 10.2. The monoisotopic (exact) mass is 228 g/mol. The van der Waals surface area contributed by atoms with E-state index in [1.54, 1.807) is 0 Å². The number of ether oxygens (including phenoxy) is 1. The lowest BCUT2D eigenvalue weighted by Crippen LogP contribution is -2.18. The van der Waals surface area contributed by atoms with Crippen LogP contribution in [-0.2, 0) is 5.88 Å². The first-order valence-corrected chi connectivity index (χ1v) is 4.06. The SMILES string of the molecule is Fc1cccc(OC(F)(F)F)c1CCl. The molecule has 0 unspecified atom stereocenters. The van der Waals surface area contributed by atoms with Crippen LogP contribution in [0.4, 0.5) is 17.6 Å². The average molecular weight is 229 g/mol. The molecule has 0 saturated carbocycles. The molecule has 0 N–H and O–H groups in total. The van der Waals surface area contributed by atoms with Gasteiger partial charge in [-0.3, -0.25) is 0 Å². The summed E-state index contributed by atoms with van der Waals surface area (Å²) in [7, 11) is 0. The van der Waals surface area contributed by atoms with Gasteiger partial charge in [0, 0.05) is 5.56 Å². The van der Waals surface area contributed by atoms with Crippen molar-refractivity contribution in [3.8, 4) is 5.75 Å². The minimum Gasteiger partial charge on any atom is -0.405 e. The van der Waals surface area contributed by atoms with E-state index in [-0.39, 0.29) is 11.4 Å². The molecule has 0 aromatic heterocycles. The molecular weight excluding hydrogens is 224 g/mol. The Kier molecular flexibility index (Phi) is 3.21. The van der Waals surface area contributed by atoms with Crippen LogP contribution in [0.5, 0.6) is 5.75 Å². The van der Waals surface area contributed by atoms with Crippen molar-refractivity contribution in [2.24, 2.45) is 0 Å². The van der Waals surface area contributed by atoms with Crippen LogP contribution in [0.3, 0.4) is 0 Å². The van der Waals surface area contributed by atoms with E-state index in [1.165, 1.54) is 0 Å². The molecule has 0 radical (unpaired) electrons. The number of rotatable bonds is 2. The quantitative estimate of drug-likeness (QED) is 0.556. The van der Waals surface area contributed by atoms with Crippen molar-refractivity contribution in [3.05, 3.63) is 29.6 Å². The van der Waals surface area contributed by atoms with Crippen molar-refractivity contribution in [2.75, 3.05) is 0 Å². The molecule has 0 aliphatic carbocycles. The number of hydrogen-bond acceptors (Lipinski definition) is 1. The fourth-order valence-corrected chi connectivity index (χ4v) is 1.15. The van der Waals surface area contributed by atoms with E-state index in [1.807, 2.05) is 0 Å². The van der Waals surface area contributed by atoms with Crippen molar-refractivity contribution in [3.63, 3.8) is 0 Å². The van der Waals surface area contributed by atoms with E-state index in [0.717, 1.165) is 18.2 Å². The molecule has 0 fully saturated rings. The van der Waals surface area contributed by atoms with E-state index >= 15 is 0 Å². The Morgan fingerprint density at radius 1 is 1.29 bits per heavy atom. The summed E-state index contributed by atoms with van der Waals surface area (Å²) in [5.41, 5.74) is -0.300. The lowest BCUT2D eigenvalue weighted by Gasteiger charge is -2.11. The highest BCUT2D eigenvalue weighted by atomic mass is 35.5. The molecule has 78 valence electrons. The second-order valence-electron chi connectivity index (χ2n) is 2.40. The van der Waals surface area contributed by atoms with Gasteiger partial charge in [-0.2, -0.15) is 0 Å². The van der Waals surface area contributed by atoms with Crippen molar-refractivity contribution in [1.82, 2.24) is 0 Å². The van der Waals surface area contributed by atoms with Gasteiger partial charge in [0.2, 0.25) is 0 Å². The Morgan fingerprint density at radius 2 is 1.93 bits per heavy atom. The van der Waals surface area contributed by atoms with Gasteiger partial charge in [-0.25, -0.2) is 4.39 Å². The third-order valence-electron chi connectivity index (χ3n) is 1.44. The first-order chi connectivity index (χ1) is 6.44. The van der Waals surface area contributed by atoms with Crippen LogP contribution in [0.1, 0.15) is 5.56 Å². The molecule has 1 nitrogen and oxygen atoms in total. The van der Waals surface area contributed by atoms with Gasteiger partial charge in [0.05, 0.1) is 5.88 Å². The third-order valence-corrected chi connectivity index (χ3v) is 1.70. The molecule has 0 atom stereocenters. The normalized spacial score (nSPS) is 11.5. The van der Waals surface area contributed by atoms with E-state index in [4.69, 9.17) is 11.6 Å². The minimum atomic E-state index is -4.84. The highest BCUT2D eigenvalue weighted by molar-refractivity contribution is 6.17. The molecule has 0 aliphatic rings. The first-order valence-electron chi connectivity index (χ1n) is 3.53. The summed E-state index contributed by atoms with van der Waals surface area (Å²) < 4.78 is 51.9. The molecule has 0 aliphatic heterocycles. The predicted molar refractivity (Wildman–Crippen MR) is 42.6 cm³/mol. The van der Waals surface area contributed by atoms with Crippen LogP contribution in [0.2, 0.25) is 0 Å². The summed E-state index contributed by atoms with van der Waals surface area (Å²) in [4.78, 5) is 0. The number of benzene rings is 1. The predicted octanol–water partition coefficient (Wildman–Crippen LogP) is 3.46. The highest BCUT2D eigenvalue weighted by Crippen LogP contribution is 2.28. The molecule has 0 saturated heterocycles. The van der Waals surface area contributed by atoms with Crippen LogP contribution in [0.25, 0.3) is 0 Å². The van der Waals surface area contributed by atoms with Crippen molar-refractivity contribution >= 4 is 11.6 Å². The van der Waals surface area contributed by atoms with Gasteiger partial charge >= 0.3 is 6.36 Å². The molecule has 14 heavy (non-hydrogen) atoms. The van der Waals surface area contributed by atoms with Gasteiger partial charge in [0.25, 0.3) is 0 Å². The van der Waals surface area contributed by atoms with Crippen molar-refractivity contribution in [1.29, 1.82) is 0 Å². The fourth-order valence-electron chi connectivity index (χ4n) is 0.889. The molecule has 0 spiro atoms. The maximum atomic E-state index is 12.9. The second kappa shape index (κ2) is 4.04. The molecule has 1 aromatic rings. The van der Waals surface area contributed by atoms with E-state index in [0.29, 0.717) is 0 Å². The van der Waals surface area contributed by atoms with Gasteiger partial charge in [-0.1, -0.05) is 6.07 Å². The summed E-state index contributed by atoms with van der Waals surface area (Å²) in [5, 5.41) is 0. The Hall–Kier alpha value is -0.970. The van der Waals surface area contributed by atoms with Gasteiger partial charge in [0.1, 0.15) is 11.6 Å². The molecule has 0 amide bonds. The van der Waals surface area contributed by atoms with Gasteiger partial charge in [0.15, 0.2) is 0 Å². The van der Waals surface area contributed by atoms with Gasteiger partial charge in [-0.15, -0.1) is 24.8 Å². The van der Waals surface area contributed by atoms with E-state index in [2.05, 4.69) is 4.74 Å². The van der Waals surface area contributed by atoms with Crippen molar-refractivity contribution < 1.29 is 22.3 Å². The van der Waals surface area contributed by atoms with Gasteiger partial charge in [-0.05, 0) is 12.1 Å². The van der Waals surface area contributed by atoms with Crippen LogP contribution in [0, 0.1) is 5.82 Å². The zero-order valence-corrected chi connectivity index (χ0v) is 7.49. The zero-order valence-electron chi connectivity index (χ0n) is 6.74. The van der Waals surface area contributed by atoms with E-state index in [9.17, 15) is 17.6 Å². The summed E-state index contributed by atoms with van der Waals surface area (Å²) in [5.74, 6) is -1.80. The summed E-state index contributed by atoms with van der Waals surface area (Å²) in [6.07, 6.45) is -4.84. The minimum absolute atomic E-state index is 0.300. The first kappa shape index (κ1) is 11.1. The third kappa shape index (κ3) is 2.77. The average Bonchev–Trinajstić information content (AvgIpc) is 2.01. The molecular formula is C8H5ClF4O. The van der Waals surface area contributed by atoms with Gasteiger partial charge < -0.3 is 4.74 Å². The topological polar surface area (TPSA) is 9.23 Å². The zero-order chi connectivity index (χ0) is 10.8. The van der Waals surface area contributed by atoms with Crippen molar-refractivity contribution in [2.45, 2.75) is 12.2 Å². The lowest BCUT2D eigenvalue weighted by molar-refractivity contribution is -0.274. The van der Waals surface area contributed by atoms with Crippen LogP contribution >= 0.6 is 11.6 Å². The molecule has 1 aromatic carbocycles. The number of alkyl halides is 4. The maximum Gasteiger partial charge on any atom is 0.573 e. The largest absolute Gasteiger partial charge is 0.573 e. The summed E-state index contributed by atoms with van der Waals surface area (Å²) in [6.45, 7) is 0. The summed E-state index contributed by atoms with van der Waals surface area (Å²) >= 11 is 5.28. The number of halogens is 5. The molecule has 0 bridgehead atoms. The van der Waals surface area contributed by atoms with E-state index < -0.39 is 17.9 Å². The maximum absolute atomic E-state index is 12.9. The Labute approximate surface area is 82.2 Å². The summed E-state index contributed by atoms with van der Waals surface area (Å²) in [6, 6.07) is 3.14. The smallest absolute Gasteiger partial charge is 0.405 e. The molecule has 1 rings (SSSR count). The standard InChI is InChI=1S/C8H5ClF4O/c9-4-5-6(10)2-1-3-7(5)14-8(11,12)13/h1-3H,4H2. The Bertz CT molecular complexity index is 324. The van der Waals surface area contributed by atoms with Crippen LogP contribution in [-0.4, -0.2) is 6.36 Å². The Balaban J connectivity index is 3.02. The number of hydrogen-bond donors (Lipinski definition) is 0. The fraction of sp³-hybridized carbons (Fsp3) is 0.250. The molecule has 0 heterocycles. The molecule has 6 heteroatoms. The van der Waals surface area contributed by atoms with Crippen LogP contribution in [0.15, 0.2) is 18.2 Å². The van der Waals surface area contributed by atoms with Crippen LogP contribution < -0.4 is 4.74 Å².